The van der Waals surface area contributed by atoms with Gasteiger partial charge in [0, 0.05) is 18.2 Å². The zero-order chi connectivity index (χ0) is 13.2. The van der Waals surface area contributed by atoms with Crippen molar-refractivity contribution in [3.8, 4) is 5.75 Å². The van der Waals surface area contributed by atoms with Crippen LogP contribution in [0.3, 0.4) is 0 Å². The largest absolute Gasteiger partial charge is 0.494 e. The first-order valence-electron chi connectivity index (χ1n) is 6.91. The van der Waals surface area contributed by atoms with E-state index in [-0.39, 0.29) is 0 Å². The van der Waals surface area contributed by atoms with E-state index in [0.29, 0.717) is 5.56 Å². The minimum atomic E-state index is -0.431. The lowest BCUT2D eigenvalue weighted by molar-refractivity contribution is 0.108. The molecule has 4 heteroatoms. The standard InChI is InChI=1S/C15H18ClNO2/c16-15(18)11-2-4-13(5-3-11)19-9-1-7-17-8-6-12-10-14(12)17/h2-5,12,14H,1,6-10H2/t12-,14+/m1/s1. The van der Waals surface area contributed by atoms with Crippen LogP contribution in [-0.4, -0.2) is 35.9 Å². The molecule has 1 saturated heterocycles. The SMILES string of the molecule is O=C(Cl)c1ccc(OCCCN2CC[C@@H]3C[C@@H]32)cc1. The summed E-state index contributed by atoms with van der Waals surface area (Å²) < 4.78 is 5.67. The fraction of sp³-hybridized carbons (Fsp3) is 0.533. The Hall–Kier alpha value is -1.06. The van der Waals surface area contributed by atoms with E-state index in [1.54, 1.807) is 24.3 Å². The summed E-state index contributed by atoms with van der Waals surface area (Å²) >= 11 is 5.39. The van der Waals surface area contributed by atoms with Gasteiger partial charge in [-0.3, -0.25) is 9.69 Å². The molecule has 1 aromatic carbocycles. The van der Waals surface area contributed by atoms with Crippen LogP contribution in [0.2, 0.25) is 0 Å². The van der Waals surface area contributed by atoms with Gasteiger partial charge >= 0.3 is 0 Å². The molecule has 3 nitrogen and oxygen atoms in total. The summed E-state index contributed by atoms with van der Waals surface area (Å²) in [5, 5.41) is -0.431. The van der Waals surface area contributed by atoms with Crippen LogP contribution in [0.15, 0.2) is 24.3 Å². The normalized spacial score (nSPS) is 25.1. The summed E-state index contributed by atoms with van der Waals surface area (Å²) in [6.45, 7) is 3.13. The van der Waals surface area contributed by atoms with Crippen LogP contribution in [0.1, 0.15) is 29.6 Å². The van der Waals surface area contributed by atoms with Crippen molar-refractivity contribution in [3.05, 3.63) is 29.8 Å². The average Bonchev–Trinajstić information content (AvgIpc) is 3.09. The Balaban J connectivity index is 1.38. The van der Waals surface area contributed by atoms with Gasteiger partial charge in [0.25, 0.3) is 5.24 Å². The van der Waals surface area contributed by atoms with Crippen molar-refractivity contribution >= 4 is 16.8 Å². The van der Waals surface area contributed by atoms with E-state index < -0.39 is 5.24 Å². The quantitative estimate of drug-likeness (QED) is 0.592. The first-order valence-corrected chi connectivity index (χ1v) is 7.28. The van der Waals surface area contributed by atoms with E-state index in [9.17, 15) is 4.79 Å². The highest BCUT2D eigenvalue weighted by molar-refractivity contribution is 6.67. The minimum absolute atomic E-state index is 0.431. The molecule has 2 fully saturated rings. The van der Waals surface area contributed by atoms with Crippen LogP contribution in [0.25, 0.3) is 0 Å². The summed E-state index contributed by atoms with van der Waals surface area (Å²) in [5.41, 5.74) is 0.505. The predicted molar refractivity (Wildman–Crippen MR) is 74.8 cm³/mol. The predicted octanol–water partition coefficient (Wildman–Crippen LogP) is 2.93. The van der Waals surface area contributed by atoms with Gasteiger partial charge in [-0.1, -0.05) is 0 Å². The number of piperidine rings is 1. The van der Waals surface area contributed by atoms with E-state index in [1.807, 2.05) is 0 Å². The van der Waals surface area contributed by atoms with Crippen LogP contribution in [0, 0.1) is 5.92 Å². The molecule has 3 rings (SSSR count). The van der Waals surface area contributed by atoms with Gasteiger partial charge in [-0.25, -0.2) is 0 Å². The highest BCUT2D eigenvalue weighted by Crippen LogP contribution is 2.44. The molecular formula is C15H18ClNO2. The first-order chi connectivity index (χ1) is 9.24. The van der Waals surface area contributed by atoms with Crippen LogP contribution in [0.5, 0.6) is 5.75 Å². The van der Waals surface area contributed by atoms with Crippen LogP contribution in [-0.2, 0) is 0 Å². The number of benzene rings is 1. The van der Waals surface area contributed by atoms with Gasteiger partial charge in [-0.05, 0) is 67.6 Å². The van der Waals surface area contributed by atoms with E-state index in [4.69, 9.17) is 16.3 Å². The molecule has 0 N–H and O–H groups in total. The molecule has 1 aromatic rings. The molecule has 19 heavy (non-hydrogen) atoms. The zero-order valence-corrected chi connectivity index (χ0v) is 11.6. The Morgan fingerprint density at radius 2 is 2.16 bits per heavy atom. The zero-order valence-electron chi connectivity index (χ0n) is 10.8. The highest BCUT2D eigenvalue weighted by atomic mass is 35.5. The van der Waals surface area contributed by atoms with Crippen LogP contribution < -0.4 is 4.74 Å². The Morgan fingerprint density at radius 3 is 2.74 bits per heavy atom. The molecular weight excluding hydrogens is 262 g/mol. The molecule has 0 bridgehead atoms. The van der Waals surface area contributed by atoms with E-state index in [1.165, 1.54) is 19.4 Å². The number of hydrogen-bond donors (Lipinski definition) is 0. The molecule has 0 radical (unpaired) electrons. The topological polar surface area (TPSA) is 29.5 Å². The van der Waals surface area contributed by atoms with Crippen molar-refractivity contribution < 1.29 is 9.53 Å². The number of carbonyl (C=O) groups is 1. The third-order valence-corrected chi connectivity index (χ3v) is 4.30. The van der Waals surface area contributed by atoms with Crippen LogP contribution in [0.4, 0.5) is 0 Å². The minimum Gasteiger partial charge on any atom is -0.494 e. The highest BCUT2D eigenvalue weighted by Gasteiger charge is 2.46. The van der Waals surface area contributed by atoms with Gasteiger partial charge in [0.05, 0.1) is 6.61 Å². The lowest BCUT2D eigenvalue weighted by Gasteiger charge is -2.17. The maximum absolute atomic E-state index is 10.9. The van der Waals surface area contributed by atoms with Gasteiger partial charge in [-0.2, -0.15) is 0 Å². The molecule has 102 valence electrons. The molecule has 0 amide bonds. The van der Waals surface area contributed by atoms with Crippen molar-refractivity contribution in [1.82, 2.24) is 4.90 Å². The number of carbonyl (C=O) groups excluding carboxylic acids is 1. The molecule has 0 spiro atoms. The van der Waals surface area contributed by atoms with E-state index in [0.717, 1.165) is 37.3 Å². The molecule has 2 aliphatic rings. The van der Waals surface area contributed by atoms with Gasteiger partial charge in [0.15, 0.2) is 0 Å². The number of likely N-dealkylation sites (tertiary alicyclic amines) is 1. The number of ether oxygens (including phenoxy) is 1. The van der Waals surface area contributed by atoms with Crippen molar-refractivity contribution in [1.29, 1.82) is 0 Å². The second kappa shape index (κ2) is 5.51. The summed E-state index contributed by atoms with van der Waals surface area (Å²) in [6, 6.07) is 7.86. The number of rotatable bonds is 6. The van der Waals surface area contributed by atoms with Crippen molar-refractivity contribution in [2.75, 3.05) is 19.7 Å². The average molecular weight is 280 g/mol. The molecule has 0 unspecified atom stereocenters. The molecule has 2 atom stereocenters. The molecule has 1 aliphatic heterocycles. The van der Waals surface area contributed by atoms with Gasteiger partial charge in [0.1, 0.15) is 5.75 Å². The summed E-state index contributed by atoms with van der Waals surface area (Å²) in [7, 11) is 0. The van der Waals surface area contributed by atoms with Crippen molar-refractivity contribution in [3.63, 3.8) is 0 Å². The maximum Gasteiger partial charge on any atom is 0.252 e. The number of fused-ring (bicyclic) bond motifs is 1. The monoisotopic (exact) mass is 279 g/mol. The fourth-order valence-electron chi connectivity index (χ4n) is 2.90. The Morgan fingerprint density at radius 1 is 1.37 bits per heavy atom. The maximum atomic E-state index is 10.9. The lowest BCUT2D eigenvalue weighted by Crippen LogP contribution is -2.25. The lowest BCUT2D eigenvalue weighted by atomic mass is 10.2. The Labute approximate surface area is 118 Å². The van der Waals surface area contributed by atoms with Gasteiger partial charge in [-0.15, -0.1) is 0 Å². The van der Waals surface area contributed by atoms with Crippen molar-refractivity contribution in [2.24, 2.45) is 5.92 Å². The molecule has 0 aromatic heterocycles. The summed E-state index contributed by atoms with van der Waals surface area (Å²) in [4.78, 5) is 13.5. The van der Waals surface area contributed by atoms with Crippen LogP contribution >= 0.6 is 11.6 Å². The molecule has 1 aliphatic carbocycles. The summed E-state index contributed by atoms with van der Waals surface area (Å²) in [5.74, 6) is 1.80. The second-order valence-electron chi connectivity index (χ2n) is 5.39. The smallest absolute Gasteiger partial charge is 0.252 e. The number of halogens is 1. The number of hydrogen-bond acceptors (Lipinski definition) is 3. The van der Waals surface area contributed by atoms with E-state index >= 15 is 0 Å². The first kappa shape index (κ1) is 12.9. The molecule has 1 heterocycles. The van der Waals surface area contributed by atoms with Gasteiger partial charge in [0.2, 0.25) is 0 Å². The van der Waals surface area contributed by atoms with E-state index in [2.05, 4.69) is 4.90 Å². The molecule has 1 saturated carbocycles. The van der Waals surface area contributed by atoms with Crippen molar-refractivity contribution in [2.45, 2.75) is 25.3 Å². The Kier molecular flexibility index (Phi) is 3.76. The third-order valence-electron chi connectivity index (χ3n) is 4.08. The fourth-order valence-corrected chi connectivity index (χ4v) is 3.03. The number of nitrogens with zero attached hydrogens (tertiary/aromatic N) is 1. The third kappa shape index (κ3) is 3.10. The Bertz CT molecular complexity index is 460. The second-order valence-corrected chi connectivity index (χ2v) is 5.73. The van der Waals surface area contributed by atoms with Gasteiger partial charge < -0.3 is 4.74 Å². The summed E-state index contributed by atoms with van der Waals surface area (Å²) in [6.07, 6.45) is 3.85.